The molecule has 1 heterocycles. The van der Waals surface area contributed by atoms with E-state index in [4.69, 9.17) is 5.73 Å². The van der Waals surface area contributed by atoms with Crippen LogP contribution in [0.3, 0.4) is 0 Å². The predicted octanol–water partition coefficient (Wildman–Crippen LogP) is 1.78. The average molecular weight is 225 g/mol. The highest BCUT2D eigenvalue weighted by molar-refractivity contribution is 5.10. The zero-order valence-electron chi connectivity index (χ0n) is 10.2. The van der Waals surface area contributed by atoms with Gasteiger partial charge < -0.3 is 5.73 Å². The fourth-order valence-corrected chi connectivity index (χ4v) is 1.65. The van der Waals surface area contributed by atoms with E-state index < -0.39 is 0 Å². The molecule has 0 aromatic carbocycles. The summed E-state index contributed by atoms with van der Waals surface area (Å²) in [7, 11) is 0. The molecule has 0 radical (unpaired) electrons. The monoisotopic (exact) mass is 225 g/mol. The van der Waals surface area contributed by atoms with E-state index in [1.165, 1.54) is 12.3 Å². The van der Waals surface area contributed by atoms with Crippen LogP contribution in [0.15, 0.2) is 18.5 Å². The van der Waals surface area contributed by atoms with E-state index in [9.17, 15) is 4.39 Å². The lowest BCUT2D eigenvalue weighted by Crippen LogP contribution is -2.48. The summed E-state index contributed by atoms with van der Waals surface area (Å²) in [6, 6.07) is 1.52. The molecule has 1 aromatic rings. The predicted molar refractivity (Wildman–Crippen MR) is 63.4 cm³/mol. The highest BCUT2D eigenvalue weighted by Crippen LogP contribution is 2.16. The van der Waals surface area contributed by atoms with Crippen LogP contribution in [-0.2, 0) is 6.54 Å². The summed E-state index contributed by atoms with van der Waals surface area (Å²) in [6.45, 7) is 8.37. The van der Waals surface area contributed by atoms with E-state index in [1.807, 2.05) is 0 Å². The van der Waals surface area contributed by atoms with Crippen LogP contribution in [0.25, 0.3) is 0 Å². The van der Waals surface area contributed by atoms with E-state index in [1.54, 1.807) is 6.20 Å². The van der Waals surface area contributed by atoms with Crippen molar-refractivity contribution in [3.8, 4) is 0 Å². The number of nitrogens with two attached hydrogens (primary N) is 1. The van der Waals surface area contributed by atoms with Crippen molar-refractivity contribution < 1.29 is 4.39 Å². The second-order valence-electron chi connectivity index (χ2n) is 4.54. The quantitative estimate of drug-likeness (QED) is 0.830. The zero-order valence-corrected chi connectivity index (χ0v) is 10.2. The number of halogens is 1. The van der Waals surface area contributed by atoms with Crippen molar-refractivity contribution in [3.05, 3.63) is 29.8 Å². The van der Waals surface area contributed by atoms with Gasteiger partial charge in [-0.25, -0.2) is 4.39 Å². The number of hydrogen-bond acceptors (Lipinski definition) is 3. The van der Waals surface area contributed by atoms with Crippen LogP contribution in [-0.4, -0.2) is 28.5 Å². The van der Waals surface area contributed by atoms with Gasteiger partial charge in [-0.15, -0.1) is 0 Å². The van der Waals surface area contributed by atoms with E-state index in [0.717, 1.165) is 12.1 Å². The third-order valence-electron chi connectivity index (χ3n) is 2.87. The smallest absolute Gasteiger partial charge is 0.141 e. The molecule has 0 fully saturated rings. The van der Waals surface area contributed by atoms with Crippen LogP contribution in [0.5, 0.6) is 0 Å². The van der Waals surface area contributed by atoms with Crippen molar-refractivity contribution in [2.75, 3.05) is 13.1 Å². The molecule has 16 heavy (non-hydrogen) atoms. The molecule has 1 aromatic heterocycles. The first-order valence-corrected chi connectivity index (χ1v) is 5.54. The topological polar surface area (TPSA) is 42.2 Å². The lowest BCUT2D eigenvalue weighted by Gasteiger charge is -2.37. The molecule has 0 atom stereocenters. The van der Waals surface area contributed by atoms with E-state index in [0.29, 0.717) is 13.1 Å². The Labute approximate surface area is 96.5 Å². The molecule has 0 bridgehead atoms. The normalized spacial score (nSPS) is 12.1. The number of nitrogens with zero attached hydrogens (tertiary/aromatic N) is 2. The molecule has 0 aliphatic carbocycles. The molecule has 3 nitrogen and oxygen atoms in total. The Morgan fingerprint density at radius 3 is 2.62 bits per heavy atom. The minimum Gasteiger partial charge on any atom is -0.329 e. The zero-order chi connectivity index (χ0) is 12.2. The Hall–Kier alpha value is -1.00. The van der Waals surface area contributed by atoms with Crippen LogP contribution in [0.2, 0.25) is 0 Å². The summed E-state index contributed by atoms with van der Waals surface area (Å²) in [4.78, 5) is 6.06. The van der Waals surface area contributed by atoms with Crippen molar-refractivity contribution in [1.82, 2.24) is 9.88 Å². The van der Waals surface area contributed by atoms with Crippen LogP contribution < -0.4 is 5.73 Å². The molecule has 0 saturated carbocycles. The summed E-state index contributed by atoms with van der Waals surface area (Å²) >= 11 is 0. The summed E-state index contributed by atoms with van der Waals surface area (Å²) in [5.41, 5.74) is 6.53. The van der Waals surface area contributed by atoms with Gasteiger partial charge in [-0.05, 0) is 32.0 Å². The van der Waals surface area contributed by atoms with Gasteiger partial charge in [0.05, 0.1) is 6.20 Å². The van der Waals surface area contributed by atoms with Crippen molar-refractivity contribution in [2.45, 2.75) is 32.9 Å². The van der Waals surface area contributed by atoms with Gasteiger partial charge in [-0.1, -0.05) is 6.92 Å². The Balaban J connectivity index is 2.78. The Morgan fingerprint density at radius 2 is 2.12 bits per heavy atom. The van der Waals surface area contributed by atoms with Gasteiger partial charge in [0, 0.05) is 24.8 Å². The fourth-order valence-electron chi connectivity index (χ4n) is 1.65. The molecule has 2 N–H and O–H groups in total. The van der Waals surface area contributed by atoms with Crippen molar-refractivity contribution in [1.29, 1.82) is 0 Å². The maximum atomic E-state index is 13.0. The first-order valence-electron chi connectivity index (χ1n) is 5.54. The molecule has 0 amide bonds. The molecular formula is C12H20FN3. The minimum absolute atomic E-state index is 0.0823. The molecule has 0 unspecified atom stereocenters. The Morgan fingerprint density at radius 1 is 1.44 bits per heavy atom. The second kappa shape index (κ2) is 5.37. The van der Waals surface area contributed by atoms with Crippen molar-refractivity contribution in [3.63, 3.8) is 0 Å². The van der Waals surface area contributed by atoms with Gasteiger partial charge in [0.1, 0.15) is 5.82 Å². The van der Waals surface area contributed by atoms with Crippen LogP contribution in [0.4, 0.5) is 4.39 Å². The number of aromatic nitrogens is 1. The number of hydrogen-bond donors (Lipinski definition) is 1. The molecule has 90 valence electrons. The van der Waals surface area contributed by atoms with Gasteiger partial charge >= 0.3 is 0 Å². The highest BCUT2D eigenvalue weighted by atomic mass is 19.1. The van der Waals surface area contributed by atoms with E-state index in [2.05, 4.69) is 30.7 Å². The summed E-state index contributed by atoms with van der Waals surface area (Å²) in [5.74, 6) is -0.292. The van der Waals surface area contributed by atoms with Gasteiger partial charge in [-0.3, -0.25) is 9.88 Å². The molecule has 0 aliphatic rings. The van der Waals surface area contributed by atoms with Gasteiger partial charge in [0.2, 0.25) is 0 Å². The number of pyridine rings is 1. The largest absolute Gasteiger partial charge is 0.329 e. The summed E-state index contributed by atoms with van der Waals surface area (Å²) in [6.07, 6.45) is 2.91. The first kappa shape index (κ1) is 13.1. The van der Waals surface area contributed by atoms with Crippen LogP contribution in [0.1, 0.15) is 26.3 Å². The third-order valence-corrected chi connectivity index (χ3v) is 2.87. The SMILES string of the molecule is CCN(Cc1cncc(F)c1)C(C)(C)CN. The molecular weight excluding hydrogens is 205 g/mol. The minimum atomic E-state index is -0.292. The second-order valence-corrected chi connectivity index (χ2v) is 4.54. The van der Waals surface area contributed by atoms with Crippen molar-refractivity contribution in [2.24, 2.45) is 5.73 Å². The summed E-state index contributed by atoms with van der Waals surface area (Å²) < 4.78 is 13.0. The van der Waals surface area contributed by atoms with E-state index >= 15 is 0 Å². The highest BCUT2D eigenvalue weighted by Gasteiger charge is 2.23. The maximum Gasteiger partial charge on any atom is 0.141 e. The standard InChI is InChI=1S/C12H20FN3/c1-4-16(12(2,3)9-14)8-10-5-11(13)7-15-6-10/h5-7H,4,8-9,14H2,1-3H3. The molecule has 4 heteroatoms. The maximum absolute atomic E-state index is 13.0. The molecule has 0 spiro atoms. The van der Waals surface area contributed by atoms with Crippen LogP contribution in [0, 0.1) is 5.82 Å². The third kappa shape index (κ3) is 3.25. The molecule has 0 saturated heterocycles. The van der Waals surface area contributed by atoms with E-state index in [-0.39, 0.29) is 11.4 Å². The first-order chi connectivity index (χ1) is 7.49. The van der Waals surface area contributed by atoms with Crippen molar-refractivity contribution >= 4 is 0 Å². The fraction of sp³-hybridized carbons (Fsp3) is 0.583. The van der Waals surface area contributed by atoms with Gasteiger partial charge in [0.15, 0.2) is 0 Å². The Bertz CT molecular complexity index is 339. The van der Waals surface area contributed by atoms with Crippen LogP contribution >= 0.6 is 0 Å². The number of rotatable bonds is 5. The van der Waals surface area contributed by atoms with Gasteiger partial charge in [0.25, 0.3) is 0 Å². The molecule has 0 aliphatic heterocycles. The molecule has 1 rings (SSSR count). The average Bonchev–Trinajstić information content (AvgIpc) is 2.25. The number of likely N-dealkylation sites (N-methyl/N-ethyl adjacent to an activating group) is 1. The van der Waals surface area contributed by atoms with Gasteiger partial charge in [-0.2, -0.15) is 0 Å². The summed E-state index contributed by atoms with van der Waals surface area (Å²) in [5, 5.41) is 0. The lowest BCUT2D eigenvalue weighted by molar-refractivity contribution is 0.125. The Kier molecular flexibility index (Phi) is 4.38. The lowest BCUT2D eigenvalue weighted by atomic mass is 10.0.